The minimum absolute atomic E-state index is 0.449. The van der Waals surface area contributed by atoms with Crippen LogP contribution in [0.2, 0.25) is 5.15 Å². The standard InChI is InChI=1S/C18H18ClN3O2S/c1-25(23)10-2-9-24-15-4-5-16-13(11-15)7-8-20-18(16)22-14-3-6-17(19)21-12-14/h3-8,11-12H,2,9-10H2,1H3,(H,20,22). The maximum Gasteiger partial charge on any atom is 0.138 e. The summed E-state index contributed by atoms with van der Waals surface area (Å²) in [5.41, 5.74) is 0.817. The fourth-order valence-electron chi connectivity index (χ4n) is 2.38. The van der Waals surface area contributed by atoms with Gasteiger partial charge in [0.25, 0.3) is 0 Å². The first-order chi connectivity index (χ1) is 12.1. The Hall–Kier alpha value is -2.18. The Morgan fingerprint density at radius 3 is 2.84 bits per heavy atom. The molecule has 0 saturated carbocycles. The monoisotopic (exact) mass is 375 g/mol. The predicted molar refractivity (Wildman–Crippen MR) is 103 cm³/mol. The lowest BCUT2D eigenvalue weighted by molar-refractivity contribution is 0.319. The van der Waals surface area contributed by atoms with E-state index in [1.54, 1.807) is 24.7 Å². The van der Waals surface area contributed by atoms with E-state index < -0.39 is 10.8 Å². The average molecular weight is 376 g/mol. The van der Waals surface area contributed by atoms with E-state index in [-0.39, 0.29) is 0 Å². The molecule has 130 valence electrons. The van der Waals surface area contributed by atoms with Gasteiger partial charge in [0.05, 0.1) is 18.5 Å². The number of ether oxygens (including phenoxy) is 1. The van der Waals surface area contributed by atoms with Crippen molar-refractivity contribution < 1.29 is 8.95 Å². The lowest BCUT2D eigenvalue weighted by atomic mass is 10.1. The van der Waals surface area contributed by atoms with Gasteiger partial charge < -0.3 is 10.1 Å². The number of fused-ring (bicyclic) bond motifs is 1. The van der Waals surface area contributed by atoms with Crippen molar-refractivity contribution in [3.63, 3.8) is 0 Å². The molecule has 0 aliphatic heterocycles. The first-order valence-electron chi connectivity index (χ1n) is 7.82. The third-order valence-electron chi connectivity index (χ3n) is 3.57. The molecule has 0 aliphatic rings. The summed E-state index contributed by atoms with van der Waals surface area (Å²) in [6.07, 6.45) is 5.89. The summed E-state index contributed by atoms with van der Waals surface area (Å²) < 4.78 is 16.8. The third kappa shape index (κ3) is 4.90. The number of hydrogen-bond acceptors (Lipinski definition) is 5. The summed E-state index contributed by atoms with van der Waals surface area (Å²) in [5, 5.41) is 5.71. The number of benzene rings is 1. The number of nitrogens with one attached hydrogen (secondary N) is 1. The van der Waals surface area contributed by atoms with E-state index in [0.29, 0.717) is 17.5 Å². The van der Waals surface area contributed by atoms with Crippen LogP contribution in [0.1, 0.15) is 6.42 Å². The van der Waals surface area contributed by atoms with E-state index in [0.717, 1.165) is 34.4 Å². The first kappa shape index (κ1) is 17.6. The van der Waals surface area contributed by atoms with E-state index in [9.17, 15) is 4.21 Å². The number of pyridine rings is 2. The lowest BCUT2D eigenvalue weighted by Gasteiger charge is -2.10. The normalized spacial score (nSPS) is 12.1. The second kappa shape index (κ2) is 8.27. The Kier molecular flexibility index (Phi) is 5.83. The molecule has 1 unspecified atom stereocenters. The maximum atomic E-state index is 11.1. The largest absolute Gasteiger partial charge is 0.494 e. The van der Waals surface area contributed by atoms with Crippen molar-refractivity contribution in [2.24, 2.45) is 0 Å². The van der Waals surface area contributed by atoms with Crippen molar-refractivity contribution in [2.75, 3.05) is 23.9 Å². The molecule has 25 heavy (non-hydrogen) atoms. The van der Waals surface area contributed by atoms with Crippen molar-refractivity contribution in [2.45, 2.75) is 6.42 Å². The number of nitrogens with zero attached hydrogens (tertiary/aromatic N) is 2. The highest BCUT2D eigenvalue weighted by molar-refractivity contribution is 7.84. The molecule has 0 saturated heterocycles. The molecule has 3 rings (SSSR count). The van der Waals surface area contributed by atoms with Gasteiger partial charge in [-0.2, -0.15) is 0 Å². The van der Waals surface area contributed by atoms with Gasteiger partial charge in [0, 0.05) is 34.4 Å². The Morgan fingerprint density at radius 2 is 2.08 bits per heavy atom. The average Bonchev–Trinajstić information content (AvgIpc) is 2.60. The Morgan fingerprint density at radius 1 is 1.20 bits per heavy atom. The van der Waals surface area contributed by atoms with Crippen molar-refractivity contribution in [3.8, 4) is 5.75 Å². The van der Waals surface area contributed by atoms with E-state index in [4.69, 9.17) is 16.3 Å². The number of rotatable bonds is 7. The number of anilines is 2. The molecule has 2 heterocycles. The Balaban J connectivity index is 1.75. The quantitative estimate of drug-likeness (QED) is 0.496. The van der Waals surface area contributed by atoms with Crippen molar-refractivity contribution >= 4 is 44.7 Å². The highest BCUT2D eigenvalue weighted by Gasteiger charge is 2.05. The van der Waals surface area contributed by atoms with Crippen molar-refractivity contribution in [3.05, 3.63) is 53.9 Å². The van der Waals surface area contributed by atoms with E-state index in [1.807, 2.05) is 30.3 Å². The van der Waals surface area contributed by atoms with Crippen LogP contribution in [0.3, 0.4) is 0 Å². The lowest BCUT2D eigenvalue weighted by Crippen LogP contribution is -2.03. The van der Waals surface area contributed by atoms with Crippen LogP contribution in [-0.2, 0) is 10.8 Å². The summed E-state index contributed by atoms with van der Waals surface area (Å²) in [6.45, 7) is 0.553. The van der Waals surface area contributed by atoms with Crippen LogP contribution in [0.25, 0.3) is 10.8 Å². The molecule has 7 heteroatoms. The molecule has 1 N–H and O–H groups in total. The molecule has 1 aromatic carbocycles. The minimum atomic E-state index is -0.780. The second-order valence-electron chi connectivity index (χ2n) is 5.52. The molecule has 5 nitrogen and oxygen atoms in total. The highest BCUT2D eigenvalue weighted by atomic mass is 35.5. The molecule has 1 atom stereocenters. The number of halogens is 1. The van der Waals surface area contributed by atoms with Gasteiger partial charge in [-0.25, -0.2) is 9.97 Å². The predicted octanol–water partition coefficient (Wildman–Crippen LogP) is 4.17. The molecule has 0 aliphatic carbocycles. The molecular weight excluding hydrogens is 358 g/mol. The molecule has 2 aromatic heterocycles. The fraction of sp³-hybridized carbons (Fsp3) is 0.222. The topological polar surface area (TPSA) is 64.1 Å². The second-order valence-corrected chi connectivity index (χ2v) is 7.46. The summed E-state index contributed by atoms with van der Waals surface area (Å²) in [5.74, 6) is 2.19. The summed E-state index contributed by atoms with van der Waals surface area (Å²) >= 11 is 5.81. The first-order valence-corrected chi connectivity index (χ1v) is 9.92. The summed E-state index contributed by atoms with van der Waals surface area (Å²) in [4.78, 5) is 8.46. The molecule has 0 fully saturated rings. The van der Waals surface area contributed by atoms with E-state index in [1.165, 1.54) is 0 Å². The minimum Gasteiger partial charge on any atom is -0.494 e. The van der Waals surface area contributed by atoms with Gasteiger partial charge >= 0.3 is 0 Å². The van der Waals surface area contributed by atoms with E-state index in [2.05, 4.69) is 15.3 Å². The third-order valence-corrected chi connectivity index (χ3v) is 4.66. The molecule has 0 bridgehead atoms. The fourth-order valence-corrected chi connectivity index (χ4v) is 3.02. The molecule has 0 amide bonds. The van der Waals surface area contributed by atoms with Crippen molar-refractivity contribution in [1.82, 2.24) is 9.97 Å². The molecule has 3 aromatic rings. The van der Waals surface area contributed by atoms with Crippen LogP contribution in [0.4, 0.5) is 11.5 Å². The molecular formula is C18H18ClN3O2S. The summed E-state index contributed by atoms with van der Waals surface area (Å²) in [6, 6.07) is 11.4. The van der Waals surface area contributed by atoms with Crippen molar-refractivity contribution in [1.29, 1.82) is 0 Å². The zero-order chi connectivity index (χ0) is 17.6. The summed E-state index contributed by atoms with van der Waals surface area (Å²) in [7, 11) is -0.780. The maximum absolute atomic E-state index is 11.1. The van der Waals surface area contributed by atoms with Gasteiger partial charge in [-0.1, -0.05) is 11.6 Å². The molecule has 0 radical (unpaired) electrons. The van der Waals surface area contributed by atoms with Crippen LogP contribution in [0, 0.1) is 0 Å². The van der Waals surface area contributed by atoms with Crippen LogP contribution in [0.15, 0.2) is 48.8 Å². The van der Waals surface area contributed by atoms with Crippen LogP contribution >= 0.6 is 11.6 Å². The van der Waals surface area contributed by atoms with Gasteiger partial charge in [0.2, 0.25) is 0 Å². The van der Waals surface area contributed by atoms with Crippen LogP contribution in [0.5, 0.6) is 5.75 Å². The van der Waals surface area contributed by atoms with Gasteiger partial charge in [-0.3, -0.25) is 4.21 Å². The van der Waals surface area contributed by atoms with E-state index >= 15 is 0 Å². The van der Waals surface area contributed by atoms with Gasteiger partial charge in [-0.15, -0.1) is 0 Å². The smallest absolute Gasteiger partial charge is 0.138 e. The number of hydrogen-bond donors (Lipinski definition) is 1. The zero-order valence-electron chi connectivity index (χ0n) is 13.7. The van der Waals surface area contributed by atoms with Crippen LogP contribution < -0.4 is 10.1 Å². The number of aromatic nitrogens is 2. The van der Waals surface area contributed by atoms with Gasteiger partial charge in [-0.05, 0) is 48.2 Å². The molecule has 0 spiro atoms. The SMILES string of the molecule is CS(=O)CCCOc1ccc2c(Nc3ccc(Cl)nc3)nccc2c1. The highest BCUT2D eigenvalue weighted by Crippen LogP contribution is 2.27. The van der Waals surface area contributed by atoms with Gasteiger partial charge in [0.1, 0.15) is 16.7 Å². The van der Waals surface area contributed by atoms with Crippen LogP contribution in [-0.4, -0.2) is 32.8 Å². The zero-order valence-corrected chi connectivity index (χ0v) is 15.3. The Labute approximate surface area is 153 Å². The Bertz CT molecular complexity index is 887. The van der Waals surface area contributed by atoms with Gasteiger partial charge in [0.15, 0.2) is 0 Å².